The highest BCUT2D eigenvalue weighted by Gasteiger charge is 2.27. The Morgan fingerprint density at radius 1 is 0.977 bits per heavy atom. The van der Waals surface area contributed by atoms with Gasteiger partial charge >= 0.3 is 0 Å². The summed E-state index contributed by atoms with van der Waals surface area (Å²) in [6.07, 6.45) is 5.50. The van der Waals surface area contributed by atoms with Crippen LogP contribution in [0.4, 0.5) is 0 Å². The van der Waals surface area contributed by atoms with Gasteiger partial charge < -0.3 is 10.1 Å². The van der Waals surface area contributed by atoms with Crippen LogP contribution in [0.1, 0.15) is 120 Å². The van der Waals surface area contributed by atoms with Crippen LogP contribution >= 0.6 is 0 Å². The van der Waals surface area contributed by atoms with E-state index in [4.69, 9.17) is 14.8 Å². The van der Waals surface area contributed by atoms with Gasteiger partial charge in [0.2, 0.25) is 0 Å². The van der Waals surface area contributed by atoms with E-state index in [-0.39, 0.29) is 22.7 Å². The number of ether oxygens (including phenoxy) is 1. The zero-order valence-electron chi connectivity index (χ0n) is 27.7. The lowest BCUT2D eigenvalue weighted by Gasteiger charge is -2.30. The Morgan fingerprint density at radius 3 is 2.33 bits per heavy atom. The number of aromatic nitrogens is 3. The van der Waals surface area contributed by atoms with Gasteiger partial charge in [0.05, 0.1) is 23.6 Å². The van der Waals surface area contributed by atoms with Crippen LogP contribution in [-0.4, -0.2) is 33.7 Å². The number of unbranched alkanes of at least 4 members (excludes halogenated alkanes) is 1. The average molecular weight is 583 g/mol. The van der Waals surface area contributed by atoms with Crippen LogP contribution in [-0.2, 0) is 10.8 Å². The molecule has 0 radical (unpaired) electrons. The van der Waals surface area contributed by atoms with Gasteiger partial charge in [-0.05, 0) is 66.5 Å². The molecule has 1 amide bonds. The molecule has 4 aromatic rings. The summed E-state index contributed by atoms with van der Waals surface area (Å²) in [5.41, 5.74) is 7.98. The lowest BCUT2D eigenvalue weighted by Crippen LogP contribution is -2.27. The Labute approximate surface area is 258 Å². The first-order valence-corrected chi connectivity index (χ1v) is 15.9. The number of carbonyl (C=O) groups is 1. The number of rotatable bonds is 13. The van der Waals surface area contributed by atoms with Crippen LogP contribution in [0.25, 0.3) is 16.8 Å². The molecule has 230 valence electrons. The van der Waals surface area contributed by atoms with Gasteiger partial charge in [0.1, 0.15) is 5.75 Å². The molecule has 0 saturated heterocycles. The Morgan fingerprint density at radius 2 is 1.67 bits per heavy atom. The standard InChI is InChI=1S/C37H50N4O2/c1-10-36(6,7)28-19-20-31(30(23-28)37(8,9)11-2)43-22-16-15-21-38-35(42)29-24-39-34-32(27-17-13-12-14-18-27)26(5)40-41(34)33(29)25(3)4/h12-14,17-20,23-25H,10-11,15-16,21-22H2,1-9H3,(H,38,42). The molecular formula is C37H50N4O2. The lowest BCUT2D eigenvalue weighted by molar-refractivity contribution is 0.0949. The molecule has 0 aliphatic rings. The van der Waals surface area contributed by atoms with Crippen LogP contribution in [0, 0.1) is 6.92 Å². The first-order valence-electron chi connectivity index (χ1n) is 15.9. The van der Waals surface area contributed by atoms with Gasteiger partial charge in [-0.2, -0.15) is 5.10 Å². The average Bonchev–Trinajstić information content (AvgIpc) is 3.33. The molecular weight excluding hydrogens is 532 g/mol. The van der Waals surface area contributed by atoms with Crippen molar-refractivity contribution in [1.82, 2.24) is 19.9 Å². The predicted octanol–water partition coefficient (Wildman–Crippen LogP) is 8.79. The number of hydrogen-bond acceptors (Lipinski definition) is 4. The Balaban J connectivity index is 1.40. The second-order valence-corrected chi connectivity index (χ2v) is 13.3. The molecule has 0 fully saturated rings. The fourth-order valence-corrected chi connectivity index (χ4v) is 5.49. The molecule has 6 heteroatoms. The highest BCUT2D eigenvalue weighted by molar-refractivity contribution is 5.96. The minimum atomic E-state index is -0.116. The molecule has 0 spiro atoms. The summed E-state index contributed by atoms with van der Waals surface area (Å²) in [7, 11) is 0. The van der Waals surface area contributed by atoms with E-state index in [9.17, 15) is 4.79 Å². The van der Waals surface area contributed by atoms with E-state index in [0.29, 0.717) is 18.7 Å². The van der Waals surface area contributed by atoms with Gasteiger partial charge in [-0.3, -0.25) is 4.79 Å². The van der Waals surface area contributed by atoms with Crippen molar-refractivity contribution in [2.24, 2.45) is 0 Å². The molecule has 0 saturated carbocycles. The first-order chi connectivity index (χ1) is 20.4. The van der Waals surface area contributed by atoms with Crippen molar-refractivity contribution in [1.29, 1.82) is 0 Å². The van der Waals surface area contributed by atoms with Crippen LogP contribution in [0.3, 0.4) is 0 Å². The molecule has 1 N–H and O–H groups in total. The van der Waals surface area contributed by atoms with Crippen molar-refractivity contribution in [3.8, 4) is 16.9 Å². The van der Waals surface area contributed by atoms with Crippen molar-refractivity contribution in [3.63, 3.8) is 0 Å². The molecule has 43 heavy (non-hydrogen) atoms. The maximum absolute atomic E-state index is 13.3. The molecule has 0 aliphatic heterocycles. The number of nitrogens with one attached hydrogen (secondary N) is 1. The van der Waals surface area contributed by atoms with Gasteiger partial charge in [-0.25, -0.2) is 9.50 Å². The number of carbonyl (C=O) groups excluding carboxylic acids is 1. The third kappa shape index (κ3) is 6.95. The smallest absolute Gasteiger partial charge is 0.254 e. The molecule has 0 atom stereocenters. The summed E-state index contributed by atoms with van der Waals surface area (Å²) in [4.78, 5) is 18.0. The monoisotopic (exact) mass is 582 g/mol. The number of hydrogen-bond donors (Lipinski definition) is 1. The van der Waals surface area contributed by atoms with E-state index < -0.39 is 0 Å². The summed E-state index contributed by atoms with van der Waals surface area (Å²) in [6, 6.07) is 16.9. The van der Waals surface area contributed by atoms with Gasteiger partial charge in [0, 0.05) is 23.9 Å². The van der Waals surface area contributed by atoms with Gasteiger partial charge in [0.15, 0.2) is 5.65 Å². The molecule has 0 aliphatic carbocycles. The van der Waals surface area contributed by atoms with E-state index in [1.807, 2.05) is 29.6 Å². The third-order valence-electron chi connectivity index (χ3n) is 9.08. The van der Waals surface area contributed by atoms with Crippen molar-refractivity contribution >= 4 is 11.6 Å². The molecule has 0 bridgehead atoms. The van der Waals surface area contributed by atoms with Crippen molar-refractivity contribution < 1.29 is 9.53 Å². The topological polar surface area (TPSA) is 68.5 Å². The van der Waals surface area contributed by atoms with E-state index in [1.54, 1.807) is 6.20 Å². The lowest BCUT2D eigenvalue weighted by atomic mass is 9.76. The van der Waals surface area contributed by atoms with Crippen LogP contribution in [0.2, 0.25) is 0 Å². The molecule has 0 unspecified atom stereocenters. The van der Waals surface area contributed by atoms with Crippen LogP contribution < -0.4 is 10.1 Å². The summed E-state index contributed by atoms with van der Waals surface area (Å²) < 4.78 is 8.19. The molecule has 2 aromatic heterocycles. The first kappa shape index (κ1) is 32.2. The Hall–Kier alpha value is -3.67. The van der Waals surface area contributed by atoms with E-state index in [0.717, 1.165) is 59.6 Å². The zero-order chi connectivity index (χ0) is 31.4. The second kappa shape index (κ2) is 13.3. The normalized spacial score (nSPS) is 12.2. The third-order valence-corrected chi connectivity index (χ3v) is 9.08. The Kier molecular flexibility index (Phi) is 9.99. The Bertz CT molecular complexity index is 1550. The van der Waals surface area contributed by atoms with Crippen molar-refractivity contribution in [3.05, 3.63) is 82.8 Å². The number of nitrogens with zero attached hydrogens (tertiary/aromatic N) is 3. The summed E-state index contributed by atoms with van der Waals surface area (Å²) in [5.74, 6) is 0.949. The fourth-order valence-electron chi connectivity index (χ4n) is 5.49. The van der Waals surface area contributed by atoms with Crippen molar-refractivity contribution in [2.45, 2.75) is 105 Å². The largest absolute Gasteiger partial charge is 0.493 e. The minimum Gasteiger partial charge on any atom is -0.493 e. The van der Waals surface area contributed by atoms with Gasteiger partial charge in [0.25, 0.3) is 5.91 Å². The molecule has 6 nitrogen and oxygen atoms in total. The quantitative estimate of drug-likeness (QED) is 0.160. The number of amides is 1. The predicted molar refractivity (Wildman–Crippen MR) is 177 cm³/mol. The van der Waals surface area contributed by atoms with E-state index in [2.05, 4.69) is 91.0 Å². The highest BCUT2D eigenvalue weighted by Crippen LogP contribution is 2.38. The van der Waals surface area contributed by atoms with Crippen LogP contribution in [0.15, 0.2) is 54.7 Å². The van der Waals surface area contributed by atoms with Crippen LogP contribution in [0.5, 0.6) is 5.75 Å². The number of fused-ring (bicyclic) bond motifs is 1. The fraction of sp³-hybridized carbons (Fsp3) is 0.486. The van der Waals surface area contributed by atoms with Crippen molar-refractivity contribution in [2.75, 3.05) is 13.2 Å². The molecule has 4 rings (SSSR count). The second-order valence-electron chi connectivity index (χ2n) is 13.3. The maximum Gasteiger partial charge on any atom is 0.254 e. The summed E-state index contributed by atoms with van der Waals surface area (Å²) in [6.45, 7) is 21.0. The molecule has 2 heterocycles. The van der Waals surface area contributed by atoms with E-state index >= 15 is 0 Å². The SMILES string of the molecule is CCC(C)(C)c1ccc(OCCCCNC(=O)c2cnc3c(-c4ccccc4)c(C)nn3c2C(C)C)c(C(C)(C)CC)c1. The highest BCUT2D eigenvalue weighted by atomic mass is 16.5. The van der Waals surface area contributed by atoms with E-state index in [1.165, 1.54) is 11.1 Å². The zero-order valence-corrected chi connectivity index (χ0v) is 27.7. The molecule has 2 aromatic carbocycles. The summed E-state index contributed by atoms with van der Waals surface area (Å²) >= 11 is 0. The maximum atomic E-state index is 13.3. The van der Waals surface area contributed by atoms with Gasteiger partial charge in [-0.1, -0.05) is 97.9 Å². The number of benzene rings is 2. The minimum absolute atomic E-state index is 0.0291. The van der Waals surface area contributed by atoms with Gasteiger partial charge in [-0.15, -0.1) is 0 Å². The summed E-state index contributed by atoms with van der Waals surface area (Å²) in [5, 5.41) is 7.93. The number of aryl methyl sites for hydroxylation is 1.